The minimum Gasteiger partial charge on any atom is -0.496 e. The van der Waals surface area contributed by atoms with Crippen LogP contribution in [0.2, 0.25) is 0 Å². The van der Waals surface area contributed by atoms with E-state index >= 15 is 0 Å². The van der Waals surface area contributed by atoms with E-state index in [9.17, 15) is 36.0 Å². The molecule has 148 heavy (non-hydrogen) atoms. The lowest BCUT2D eigenvalue weighted by Crippen LogP contribution is -2.14. The quantitative estimate of drug-likeness (QED) is 0.0283. The number of benzene rings is 8. The van der Waals surface area contributed by atoms with Crippen molar-refractivity contribution in [3.63, 3.8) is 0 Å². The van der Waals surface area contributed by atoms with Gasteiger partial charge in [0.05, 0.1) is 133 Å². The predicted molar refractivity (Wildman–Crippen MR) is 578 cm³/mol. The monoisotopic (exact) mass is 2020 g/mol. The summed E-state index contributed by atoms with van der Waals surface area (Å²) in [5.74, 6) is 3.22. The first kappa shape index (κ1) is 108. The van der Waals surface area contributed by atoms with Crippen LogP contribution < -0.4 is 40.2 Å². The maximum absolute atomic E-state index is 12.8. The van der Waals surface area contributed by atoms with Gasteiger partial charge in [-0.05, 0) is 231 Å². The van der Waals surface area contributed by atoms with E-state index in [1.807, 2.05) is 224 Å². The third-order valence-electron chi connectivity index (χ3n) is 24.4. The standard InChI is InChI=1S/2C30H31N5O4S.2C28H28N4O2/c2*1-5-40(37,38)12-11-29-32-16-24(17-33-29)30(36)35-25-8-6-7-22(14-25)21(3)13-26-18-31-19-27(34-26)23-10-9-20(2)28(15-23)39-4;2*1-18-10-23(15-29-14-18)28(33)32-24-7-5-6-21(12-24)20(3)11-25-16-30-17-26(31-25)22-9-8-19(2)27(13-22)34-4/h2*5-10,14-19,21H,1,11-13H2,2-4H3,(H,35,36);2*5-10,12-17,20H,11H2,1-4H3,(H,32,33)/t21-;;2*20-/m1.10/s1. The van der Waals surface area contributed by atoms with Crippen molar-refractivity contribution >= 4 is 66.1 Å². The summed E-state index contributed by atoms with van der Waals surface area (Å²) in [5, 5.41) is 13.5. The lowest BCUT2D eigenvalue weighted by Gasteiger charge is -2.14. The van der Waals surface area contributed by atoms with Crippen molar-refractivity contribution in [2.75, 3.05) is 61.2 Å². The number of sulfone groups is 2. The Labute approximate surface area is 863 Å². The fraction of sp³-hybridized carbons (Fsp3) is 0.224. The fourth-order valence-corrected chi connectivity index (χ4v) is 17.2. The molecule has 4 atom stereocenters. The average Bonchev–Trinajstić information content (AvgIpc) is 0.830. The van der Waals surface area contributed by atoms with Gasteiger partial charge in [0.1, 0.15) is 34.6 Å². The Bertz CT molecular complexity index is 7220. The third-order valence-corrected chi connectivity index (χ3v) is 27.0. The number of rotatable bonds is 36. The first-order chi connectivity index (χ1) is 71.2. The molecular weight excluding hydrogens is 1900 g/mol. The summed E-state index contributed by atoms with van der Waals surface area (Å²) in [6, 6.07) is 58.8. The molecular formula is C116H118N18O12S2. The van der Waals surface area contributed by atoms with Gasteiger partial charge in [-0.15, -0.1) is 0 Å². The minimum atomic E-state index is -3.34. The molecule has 0 bridgehead atoms. The number of nitrogens with one attached hydrogen (secondary N) is 4. The number of hydrogen-bond donors (Lipinski definition) is 4. The molecule has 4 amide bonds. The van der Waals surface area contributed by atoms with E-state index in [2.05, 4.69) is 124 Å². The molecule has 4 N–H and O–H groups in total. The van der Waals surface area contributed by atoms with Crippen LogP contribution in [0, 0.1) is 41.5 Å². The zero-order chi connectivity index (χ0) is 106. The van der Waals surface area contributed by atoms with E-state index in [1.165, 1.54) is 24.8 Å². The second-order valence-corrected chi connectivity index (χ2v) is 40.0. The molecule has 0 spiro atoms. The number of amides is 4. The molecule has 30 nitrogen and oxygen atoms in total. The summed E-state index contributed by atoms with van der Waals surface area (Å²) in [6.07, 6.45) is 29.4. The molecule has 32 heteroatoms. The molecule has 756 valence electrons. The van der Waals surface area contributed by atoms with Crippen LogP contribution in [0.4, 0.5) is 22.7 Å². The first-order valence-electron chi connectivity index (χ1n) is 47.8. The van der Waals surface area contributed by atoms with E-state index in [1.54, 1.807) is 90.4 Å². The number of pyridine rings is 2. The van der Waals surface area contributed by atoms with Crippen molar-refractivity contribution in [3.05, 3.63) is 417 Å². The van der Waals surface area contributed by atoms with Crippen LogP contribution in [-0.4, -0.2) is 150 Å². The van der Waals surface area contributed by atoms with Gasteiger partial charge in [0.2, 0.25) is 0 Å². The molecule has 8 aromatic heterocycles. The summed E-state index contributed by atoms with van der Waals surface area (Å²) >= 11 is 0. The van der Waals surface area contributed by atoms with Crippen molar-refractivity contribution in [3.8, 4) is 68.0 Å². The summed E-state index contributed by atoms with van der Waals surface area (Å²) in [4.78, 5) is 112. The molecule has 16 aromatic rings. The SMILES string of the molecule is C=CS(=O)(=O)CCc1ncc(C(=O)Nc2cccc(C(C)Cc3cncc(-c4ccc(C)c(OC)c4)n3)c2)cn1.C=CS(=O)(=O)CCc1ncc(C(=O)Nc2cccc([C@H](C)Cc3cncc(-c4ccc(C)c(OC)c4)n3)c2)cn1.COc1cc(-c2cncc(C[C@@H](C)c3cccc(NC(=O)c4cncc(C)c4)c3)n2)ccc1C.COc1cc(-c2cncc(C[C@H](C)c3cccc(NC(=O)c4cncc(C)c4)c3)n2)ccc1C. The number of anilines is 4. The number of carbonyl (C=O) groups is 4. The van der Waals surface area contributed by atoms with E-state index in [0.717, 1.165) is 181 Å². The zero-order valence-corrected chi connectivity index (χ0v) is 86.7. The van der Waals surface area contributed by atoms with Gasteiger partial charge < -0.3 is 40.2 Å². The largest absolute Gasteiger partial charge is 0.496 e. The summed E-state index contributed by atoms with van der Waals surface area (Å²) in [7, 11) is -0.0404. The Morgan fingerprint density at radius 1 is 0.304 bits per heavy atom. The number of hydrogen-bond acceptors (Lipinski definition) is 26. The number of nitrogens with zero attached hydrogens (tertiary/aromatic N) is 14. The Morgan fingerprint density at radius 3 is 0.784 bits per heavy atom. The Kier molecular flexibility index (Phi) is 37.7. The normalized spacial score (nSPS) is 11.8. The van der Waals surface area contributed by atoms with E-state index in [4.69, 9.17) is 38.9 Å². The van der Waals surface area contributed by atoms with E-state index in [-0.39, 0.29) is 82.8 Å². The second-order valence-electron chi connectivity index (χ2n) is 35.9. The highest BCUT2D eigenvalue weighted by atomic mass is 32.2. The summed E-state index contributed by atoms with van der Waals surface area (Å²) in [5.41, 5.74) is 25.4. The predicted octanol–water partition coefficient (Wildman–Crippen LogP) is 21.4. The topological polar surface area (TPSA) is 402 Å². The molecule has 0 aliphatic heterocycles. The minimum absolute atomic E-state index is 0.114. The van der Waals surface area contributed by atoms with Crippen molar-refractivity contribution in [1.29, 1.82) is 0 Å². The van der Waals surface area contributed by atoms with Gasteiger partial charge in [0.25, 0.3) is 23.6 Å². The number of methoxy groups -OCH3 is 4. The molecule has 1 unspecified atom stereocenters. The van der Waals surface area contributed by atoms with Gasteiger partial charge in [0.15, 0.2) is 19.7 Å². The van der Waals surface area contributed by atoms with Crippen LogP contribution in [0.3, 0.4) is 0 Å². The fourth-order valence-electron chi connectivity index (χ4n) is 15.9. The molecule has 0 aliphatic carbocycles. The average molecular weight is 2020 g/mol. The molecule has 0 saturated heterocycles. The number of aryl methyl sites for hydroxylation is 8. The first-order valence-corrected chi connectivity index (χ1v) is 51.3. The maximum atomic E-state index is 12.8. The van der Waals surface area contributed by atoms with Crippen LogP contribution >= 0.6 is 0 Å². The summed E-state index contributed by atoms with van der Waals surface area (Å²) < 4.78 is 68.1. The van der Waals surface area contributed by atoms with Gasteiger partial charge in [-0.3, -0.25) is 49.1 Å². The molecule has 16 rings (SSSR count). The molecule has 0 aliphatic rings. The lowest BCUT2D eigenvalue weighted by atomic mass is 9.95. The third kappa shape index (κ3) is 31.0. The highest BCUT2D eigenvalue weighted by molar-refractivity contribution is 7.94. The van der Waals surface area contributed by atoms with Crippen molar-refractivity contribution < 1.29 is 55.0 Å². The Balaban J connectivity index is 0.000000165. The maximum Gasteiger partial charge on any atom is 0.258 e. The van der Waals surface area contributed by atoms with Gasteiger partial charge >= 0.3 is 0 Å². The highest BCUT2D eigenvalue weighted by Gasteiger charge is 2.22. The highest BCUT2D eigenvalue weighted by Crippen LogP contribution is 2.35. The van der Waals surface area contributed by atoms with E-state index < -0.39 is 19.7 Å². The number of aromatic nitrogens is 14. The molecule has 0 saturated carbocycles. The van der Waals surface area contributed by atoms with Crippen LogP contribution in [0.25, 0.3) is 45.0 Å². The molecule has 0 radical (unpaired) electrons. The van der Waals surface area contributed by atoms with Crippen molar-refractivity contribution in [1.82, 2.24) is 69.8 Å². The van der Waals surface area contributed by atoms with Crippen molar-refractivity contribution in [2.24, 2.45) is 0 Å². The smallest absolute Gasteiger partial charge is 0.258 e. The van der Waals surface area contributed by atoms with Gasteiger partial charge in [0, 0.05) is 143 Å². The Morgan fingerprint density at radius 2 is 0.547 bits per heavy atom. The van der Waals surface area contributed by atoms with Gasteiger partial charge in [-0.2, -0.15) is 0 Å². The summed E-state index contributed by atoms with van der Waals surface area (Å²) in [6.45, 7) is 26.9. The van der Waals surface area contributed by atoms with Crippen LogP contribution in [0.5, 0.6) is 23.0 Å². The van der Waals surface area contributed by atoms with E-state index in [0.29, 0.717) is 47.0 Å². The number of ether oxygens (including phenoxy) is 4. The molecule has 8 heterocycles. The van der Waals surface area contributed by atoms with Crippen LogP contribution in [0.1, 0.15) is 183 Å². The lowest BCUT2D eigenvalue weighted by molar-refractivity contribution is 0.101. The van der Waals surface area contributed by atoms with Crippen LogP contribution in [0.15, 0.2) is 305 Å². The zero-order valence-electron chi connectivity index (χ0n) is 85.1. The molecule has 0 fully saturated rings. The molecule has 8 aromatic carbocycles. The van der Waals surface area contributed by atoms with Gasteiger partial charge in [-0.25, -0.2) is 56.7 Å². The Hall–Kier alpha value is -17.0. The van der Waals surface area contributed by atoms with Crippen LogP contribution in [-0.2, 0) is 58.2 Å². The second kappa shape index (κ2) is 51.5. The number of carbonyl (C=O) groups excluding carboxylic acids is 4. The van der Waals surface area contributed by atoms with Gasteiger partial charge in [-0.1, -0.05) is 138 Å². The van der Waals surface area contributed by atoms with Crippen molar-refractivity contribution in [2.45, 2.75) is 131 Å².